The number of hydrogen-bond acceptors (Lipinski definition) is 2. The molecule has 2 rings (SSSR count). The number of carbonyl (C=O) groups is 1. The number of carbonyl (C=O) groups excluding carboxylic acids is 1. The van der Waals surface area contributed by atoms with Crippen molar-refractivity contribution in [2.75, 3.05) is 5.32 Å². The van der Waals surface area contributed by atoms with Crippen molar-refractivity contribution >= 4 is 34.8 Å². The Kier molecular flexibility index (Phi) is 3.93. The van der Waals surface area contributed by atoms with E-state index in [0.29, 0.717) is 10.7 Å². The molecule has 0 saturated carbocycles. The van der Waals surface area contributed by atoms with Crippen molar-refractivity contribution in [1.82, 2.24) is 0 Å². The molecule has 2 aromatic carbocycles. The van der Waals surface area contributed by atoms with Gasteiger partial charge in [-0.25, -0.2) is 4.39 Å². The minimum Gasteiger partial charge on any atom is -0.507 e. The van der Waals surface area contributed by atoms with E-state index in [1.165, 1.54) is 30.3 Å². The van der Waals surface area contributed by atoms with Gasteiger partial charge in [-0.1, -0.05) is 23.2 Å². The maximum absolute atomic E-state index is 13.0. The van der Waals surface area contributed by atoms with Crippen LogP contribution >= 0.6 is 23.2 Å². The van der Waals surface area contributed by atoms with Gasteiger partial charge in [0.25, 0.3) is 5.91 Å². The first-order valence-electron chi connectivity index (χ1n) is 5.22. The molecule has 0 heterocycles. The Morgan fingerprint density at radius 1 is 1.16 bits per heavy atom. The Hall–Kier alpha value is -1.78. The molecule has 0 fully saturated rings. The van der Waals surface area contributed by atoms with E-state index in [1.54, 1.807) is 0 Å². The fourth-order valence-corrected chi connectivity index (χ4v) is 1.82. The van der Waals surface area contributed by atoms with Gasteiger partial charge >= 0.3 is 0 Å². The van der Waals surface area contributed by atoms with Crippen LogP contribution < -0.4 is 5.32 Å². The van der Waals surface area contributed by atoms with E-state index < -0.39 is 11.7 Å². The second kappa shape index (κ2) is 5.47. The van der Waals surface area contributed by atoms with E-state index in [-0.39, 0.29) is 16.3 Å². The second-order valence-corrected chi connectivity index (χ2v) is 4.59. The predicted molar refractivity (Wildman–Crippen MR) is 72.5 cm³/mol. The third-order valence-corrected chi connectivity index (χ3v) is 2.91. The molecule has 0 aliphatic rings. The topological polar surface area (TPSA) is 49.3 Å². The highest BCUT2D eigenvalue weighted by atomic mass is 35.5. The minimum absolute atomic E-state index is 0.0600. The van der Waals surface area contributed by atoms with E-state index in [4.69, 9.17) is 23.2 Å². The summed E-state index contributed by atoms with van der Waals surface area (Å²) < 4.78 is 13.0. The lowest BCUT2D eigenvalue weighted by molar-refractivity contribution is 0.102. The zero-order valence-corrected chi connectivity index (χ0v) is 11.0. The average molecular weight is 300 g/mol. The van der Waals surface area contributed by atoms with E-state index in [2.05, 4.69) is 5.32 Å². The number of phenols is 1. The van der Waals surface area contributed by atoms with Crippen LogP contribution in [0.1, 0.15) is 10.4 Å². The van der Waals surface area contributed by atoms with Crippen molar-refractivity contribution in [3.63, 3.8) is 0 Å². The molecule has 0 aromatic heterocycles. The van der Waals surface area contributed by atoms with E-state index in [9.17, 15) is 14.3 Å². The lowest BCUT2D eigenvalue weighted by atomic mass is 10.2. The lowest BCUT2D eigenvalue weighted by Crippen LogP contribution is -2.12. The molecule has 2 N–H and O–H groups in total. The van der Waals surface area contributed by atoms with Crippen molar-refractivity contribution in [2.45, 2.75) is 0 Å². The summed E-state index contributed by atoms with van der Waals surface area (Å²) in [5.74, 6) is -1.36. The van der Waals surface area contributed by atoms with Gasteiger partial charge in [-0.2, -0.15) is 0 Å². The predicted octanol–water partition coefficient (Wildman–Crippen LogP) is 4.09. The number of anilines is 1. The van der Waals surface area contributed by atoms with Crippen LogP contribution in [0.4, 0.5) is 10.1 Å². The van der Waals surface area contributed by atoms with E-state index >= 15 is 0 Å². The standard InChI is InChI=1S/C13H8Cl2FNO2/c14-7-1-3-9(12(18)5-7)13(19)17-8-2-4-11(16)10(15)6-8/h1-6,18H,(H,17,19). The van der Waals surface area contributed by atoms with Crippen molar-refractivity contribution in [3.8, 4) is 5.75 Å². The molecule has 0 spiro atoms. The van der Waals surface area contributed by atoms with Gasteiger partial charge in [0, 0.05) is 10.7 Å². The summed E-state index contributed by atoms with van der Waals surface area (Å²) in [6.45, 7) is 0. The molecule has 0 radical (unpaired) electrons. The molecular weight excluding hydrogens is 292 g/mol. The molecule has 98 valence electrons. The fourth-order valence-electron chi connectivity index (χ4n) is 1.47. The molecule has 0 unspecified atom stereocenters. The number of benzene rings is 2. The highest BCUT2D eigenvalue weighted by molar-refractivity contribution is 6.31. The SMILES string of the molecule is O=C(Nc1ccc(F)c(Cl)c1)c1ccc(Cl)cc1O. The van der Waals surface area contributed by atoms with Crippen molar-refractivity contribution < 1.29 is 14.3 Å². The molecular formula is C13H8Cl2FNO2. The van der Waals surface area contributed by atoms with Gasteiger partial charge in [-0.05, 0) is 36.4 Å². The molecule has 19 heavy (non-hydrogen) atoms. The summed E-state index contributed by atoms with van der Waals surface area (Å²) in [6, 6.07) is 7.91. The summed E-state index contributed by atoms with van der Waals surface area (Å²) in [4.78, 5) is 11.9. The number of nitrogens with one attached hydrogen (secondary N) is 1. The van der Waals surface area contributed by atoms with Gasteiger partial charge in [-0.15, -0.1) is 0 Å². The normalized spacial score (nSPS) is 10.3. The minimum atomic E-state index is -0.575. The monoisotopic (exact) mass is 299 g/mol. The van der Waals surface area contributed by atoms with Crippen LogP contribution in [0.25, 0.3) is 0 Å². The van der Waals surface area contributed by atoms with Gasteiger partial charge in [0.15, 0.2) is 0 Å². The van der Waals surface area contributed by atoms with Crippen molar-refractivity contribution in [2.24, 2.45) is 0 Å². The molecule has 0 atom stereocenters. The Morgan fingerprint density at radius 3 is 2.53 bits per heavy atom. The molecule has 0 aliphatic carbocycles. The summed E-state index contributed by atoms with van der Waals surface area (Å²) in [5, 5.41) is 12.3. The van der Waals surface area contributed by atoms with Crippen LogP contribution in [-0.4, -0.2) is 11.0 Å². The molecule has 0 bridgehead atoms. The van der Waals surface area contributed by atoms with Crippen LogP contribution in [0.15, 0.2) is 36.4 Å². The third kappa shape index (κ3) is 3.16. The van der Waals surface area contributed by atoms with Crippen LogP contribution in [0.2, 0.25) is 10.0 Å². The van der Waals surface area contributed by atoms with Crippen LogP contribution in [0.5, 0.6) is 5.75 Å². The first-order valence-corrected chi connectivity index (χ1v) is 5.98. The quantitative estimate of drug-likeness (QED) is 0.877. The number of halogens is 3. The number of amides is 1. The van der Waals surface area contributed by atoms with Crippen molar-refractivity contribution in [3.05, 3.63) is 57.8 Å². The second-order valence-electron chi connectivity index (χ2n) is 3.74. The molecule has 2 aromatic rings. The third-order valence-electron chi connectivity index (χ3n) is 2.38. The van der Waals surface area contributed by atoms with Gasteiger partial charge < -0.3 is 10.4 Å². The van der Waals surface area contributed by atoms with Gasteiger partial charge in [-0.3, -0.25) is 4.79 Å². The first kappa shape index (κ1) is 13.6. The number of hydrogen-bond donors (Lipinski definition) is 2. The zero-order chi connectivity index (χ0) is 14.0. The largest absolute Gasteiger partial charge is 0.507 e. The van der Waals surface area contributed by atoms with Crippen LogP contribution in [-0.2, 0) is 0 Å². The van der Waals surface area contributed by atoms with Gasteiger partial charge in [0.2, 0.25) is 0 Å². The first-order chi connectivity index (χ1) is 8.97. The molecule has 0 aliphatic heterocycles. The molecule has 0 saturated heterocycles. The zero-order valence-electron chi connectivity index (χ0n) is 9.45. The summed E-state index contributed by atoms with van der Waals surface area (Å²) in [6.07, 6.45) is 0. The number of rotatable bonds is 2. The Labute approximate surface area is 118 Å². The van der Waals surface area contributed by atoms with Crippen molar-refractivity contribution in [1.29, 1.82) is 0 Å². The average Bonchev–Trinajstić information content (AvgIpc) is 2.33. The Balaban J connectivity index is 2.23. The molecule has 3 nitrogen and oxygen atoms in total. The summed E-state index contributed by atoms with van der Waals surface area (Å²) in [5.41, 5.74) is 0.385. The summed E-state index contributed by atoms with van der Waals surface area (Å²) >= 11 is 11.3. The van der Waals surface area contributed by atoms with Crippen LogP contribution in [0, 0.1) is 5.82 Å². The van der Waals surface area contributed by atoms with Gasteiger partial charge in [0.05, 0.1) is 10.6 Å². The van der Waals surface area contributed by atoms with E-state index in [0.717, 1.165) is 6.07 Å². The number of aromatic hydroxyl groups is 1. The molecule has 6 heteroatoms. The summed E-state index contributed by atoms with van der Waals surface area (Å²) in [7, 11) is 0. The maximum Gasteiger partial charge on any atom is 0.259 e. The molecule has 1 amide bonds. The van der Waals surface area contributed by atoms with Gasteiger partial charge in [0.1, 0.15) is 11.6 Å². The highest BCUT2D eigenvalue weighted by Gasteiger charge is 2.12. The smallest absolute Gasteiger partial charge is 0.259 e. The lowest BCUT2D eigenvalue weighted by Gasteiger charge is -2.07. The fraction of sp³-hybridized carbons (Fsp3) is 0. The number of phenolic OH excluding ortho intramolecular Hbond substituents is 1. The van der Waals surface area contributed by atoms with Crippen LogP contribution in [0.3, 0.4) is 0 Å². The van der Waals surface area contributed by atoms with E-state index in [1.807, 2.05) is 0 Å². The highest BCUT2D eigenvalue weighted by Crippen LogP contribution is 2.24. The Morgan fingerprint density at radius 2 is 1.89 bits per heavy atom. The maximum atomic E-state index is 13.0. The Bertz CT molecular complexity index is 647.